The van der Waals surface area contributed by atoms with Gasteiger partial charge in [0.1, 0.15) is 5.75 Å². The molecule has 0 N–H and O–H groups in total. The van der Waals surface area contributed by atoms with Gasteiger partial charge in [0.25, 0.3) is 5.91 Å². The van der Waals surface area contributed by atoms with E-state index < -0.39 is 0 Å². The maximum absolute atomic E-state index is 13.9. The number of hydrogen-bond acceptors (Lipinski definition) is 4. The van der Waals surface area contributed by atoms with E-state index in [2.05, 4.69) is 77.3 Å². The predicted molar refractivity (Wildman–Crippen MR) is 153 cm³/mol. The van der Waals surface area contributed by atoms with Gasteiger partial charge in [-0.25, -0.2) is 0 Å². The molecule has 2 aromatic carbocycles. The van der Waals surface area contributed by atoms with E-state index in [0.29, 0.717) is 0 Å². The molecule has 1 saturated heterocycles. The number of amides is 1. The Morgan fingerprint density at radius 2 is 1.65 bits per heavy atom. The summed E-state index contributed by atoms with van der Waals surface area (Å²) in [6.45, 7) is 17.3. The smallest absolute Gasteiger partial charge is 0.256 e. The van der Waals surface area contributed by atoms with Gasteiger partial charge < -0.3 is 19.1 Å². The Bertz CT molecular complexity index is 1170. The van der Waals surface area contributed by atoms with Gasteiger partial charge >= 0.3 is 0 Å². The van der Waals surface area contributed by atoms with Crippen LogP contribution < -0.4 is 4.74 Å². The van der Waals surface area contributed by atoms with Crippen LogP contribution in [0.25, 0.3) is 10.9 Å². The summed E-state index contributed by atoms with van der Waals surface area (Å²) >= 11 is 0. The Labute approximate surface area is 222 Å². The SMILES string of the molecule is CCN(CC)CCCn1c(C)c(C(=O)N2CCN(CCc3ccc(OC)cc3)CC2)c2cc(C)ccc21. The minimum Gasteiger partial charge on any atom is -0.497 e. The van der Waals surface area contributed by atoms with Gasteiger partial charge in [-0.15, -0.1) is 0 Å². The van der Waals surface area contributed by atoms with Crippen LogP contribution in [-0.2, 0) is 13.0 Å². The summed E-state index contributed by atoms with van der Waals surface area (Å²) < 4.78 is 7.64. The Morgan fingerprint density at radius 3 is 2.30 bits per heavy atom. The summed E-state index contributed by atoms with van der Waals surface area (Å²) in [7, 11) is 1.70. The molecule has 0 radical (unpaired) electrons. The van der Waals surface area contributed by atoms with Crippen molar-refractivity contribution in [2.45, 2.75) is 47.1 Å². The van der Waals surface area contributed by atoms with Crippen LogP contribution in [0.15, 0.2) is 42.5 Å². The highest BCUT2D eigenvalue weighted by atomic mass is 16.5. The van der Waals surface area contributed by atoms with E-state index >= 15 is 0 Å². The lowest BCUT2D eigenvalue weighted by Gasteiger charge is -2.35. The molecule has 37 heavy (non-hydrogen) atoms. The first-order valence-electron chi connectivity index (χ1n) is 13.9. The zero-order valence-electron chi connectivity index (χ0n) is 23.4. The van der Waals surface area contributed by atoms with E-state index in [4.69, 9.17) is 4.74 Å². The van der Waals surface area contributed by atoms with Crippen LogP contribution in [0, 0.1) is 13.8 Å². The molecule has 0 bridgehead atoms. The number of methoxy groups -OCH3 is 1. The van der Waals surface area contributed by atoms with Crippen molar-refractivity contribution < 1.29 is 9.53 Å². The lowest BCUT2D eigenvalue weighted by Crippen LogP contribution is -2.49. The van der Waals surface area contributed by atoms with E-state index in [1.165, 1.54) is 16.6 Å². The molecule has 0 aliphatic carbocycles. The number of aryl methyl sites for hydroxylation is 2. The molecule has 0 atom stereocenters. The van der Waals surface area contributed by atoms with Crippen molar-refractivity contribution in [1.29, 1.82) is 0 Å². The Kier molecular flexibility index (Phi) is 9.28. The third kappa shape index (κ3) is 6.36. The largest absolute Gasteiger partial charge is 0.497 e. The quantitative estimate of drug-likeness (QED) is 0.369. The number of benzene rings is 2. The van der Waals surface area contributed by atoms with Gasteiger partial charge in [0.15, 0.2) is 0 Å². The molecule has 0 spiro atoms. The van der Waals surface area contributed by atoms with Gasteiger partial charge in [0.05, 0.1) is 12.7 Å². The molecule has 0 unspecified atom stereocenters. The second-order valence-corrected chi connectivity index (χ2v) is 10.2. The maximum atomic E-state index is 13.9. The van der Waals surface area contributed by atoms with E-state index in [1.54, 1.807) is 7.11 Å². The number of carbonyl (C=O) groups excluding carboxylic acids is 1. The lowest BCUT2D eigenvalue weighted by atomic mass is 10.1. The standard InChI is InChI=1S/C31H44N4O2/c1-6-32(7-2)16-8-17-35-25(4)30(28-23-24(3)9-14-29(28)35)31(36)34-21-19-33(20-22-34)18-15-26-10-12-27(37-5)13-11-26/h9-14,23H,6-8,15-22H2,1-5H3. The summed E-state index contributed by atoms with van der Waals surface area (Å²) in [5.74, 6) is 1.08. The fraction of sp³-hybridized carbons (Fsp3) is 0.516. The van der Waals surface area contributed by atoms with E-state index in [-0.39, 0.29) is 5.91 Å². The lowest BCUT2D eigenvalue weighted by molar-refractivity contribution is 0.0639. The van der Waals surface area contributed by atoms with Crippen LogP contribution in [-0.4, -0.2) is 84.6 Å². The zero-order valence-corrected chi connectivity index (χ0v) is 23.4. The molecule has 1 fully saturated rings. The monoisotopic (exact) mass is 504 g/mol. The van der Waals surface area contributed by atoms with Crippen LogP contribution in [0.5, 0.6) is 5.75 Å². The summed E-state index contributed by atoms with van der Waals surface area (Å²) in [6.07, 6.45) is 2.10. The fourth-order valence-electron chi connectivity index (χ4n) is 5.56. The van der Waals surface area contributed by atoms with Crippen molar-refractivity contribution >= 4 is 16.8 Å². The maximum Gasteiger partial charge on any atom is 0.256 e. The summed E-state index contributed by atoms with van der Waals surface area (Å²) in [6, 6.07) is 14.9. The first kappa shape index (κ1) is 27.2. The minimum absolute atomic E-state index is 0.186. The Hall–Kier alpha value is -2.83. The second-order valence-electron chi connectivity index (χ2n) is 10.2. The first-order chi connectivity index (χ1) is 17.9. The molecular formula is C31H44N4O2. The van der Waals surface area contributed by atoms with Crippen LogP contribution >= 0.6 is 0 Å². The Balaban J connectivity index is 1.42. The fourth-order valence-corrected chi connectivity index (χ4v) is 5.56. The third-order valence-corrected chi connectivity index (χ3v) is 7.98. The molecule has 3 aromatic rings. The van der Waals surface area contributed by atoms with Crippen molar-refractivity contribution in [1.82, 2.24) is 19.3 Å². The molecule has 1 aliphatic rings. The number of carbonyl (C=O) groups is 1. The normalized spacial score (nSPS) is 14.6. The number of piperazine rings is 1. The van der Waals surface area contributed by atoms with Crippen LogP contribution in [0.4, 0.5) is 0 Å². The average molecular weight is 505 g/mol. The van der Waals surface area contributed by atoms with E-state index in [9.17, 15) is 4.79 Å². The first-order valence-corrected chi connectivity index (χ1v) is 13.9. The highest BCUT2D eigenvalue weighted by Crippen LogP contribution is 2.29. The predicted octanol–water partition coefficient (Wildman–Crippen LogP) is 5.00. The highest BCUT2D eigenvalue weighted by molar-refractivity contribution is 6.08. The van der Waals surface area contributed by atoms with Crippen LogP contribution in [0.1, 0.15) is 47.4 Å². The van der Waals surface area contributed by atoms with E-state index in [1.807, 2.05) is 12.1 Å². The van der Waals surface area contributed by atoms with Gasteiger partial charge in [-0.3, -0.25) is 9.69 Å². The van der Waals surface area contributed by atoms with Gasteiger partial charge in [0, 0.05) is 55.9 Å². The third-order valence-electron chi connectivity index (χ3n) is 7.98. The van der Waals surface area contributed by atoms with Gasteiger partial charge in [-0.2, -0.15) is 0 Å². The molecule has 0 saturated carbocycles. The Morgan fingerprint density at radius 1 is 0.946 bits per heavy atom. The molecule has 6 heteroatoms. The molecule has 1 aromatic heterocycles. The zero-order chi connectivity index (χ0) is 26.4. The number of aromatic nitrogens is 1. The summed E-state index contributed by atoms with van der Waals surface area (Å²) in [5, 5.41) is 1.10. The number of nitrogens with zero attached hydrogens (tertiary/aromatic N) is 4. The average Bonchev–Trinajstić information content (AvgIpc) is 3.20. The molecule has 1 aliphatic heterocycles. The molecule has 1 amide bonds. The minimum atomic E-state index is 0.186. The van der Waals surface area contributed by atoms with Crippen LogP contribution in [0.3, 0.4) is 0 Å². The summed E-state index contributed by atoms with van der Waals surface area (Å²) in [4.78, 5) is 20.9. The number of fused-ring (bicyclic) bond motifs is 1. The van der Waals surface area contributed by atoms with Gasteiger partial charge in [0.2, 0.25) is 0 Å². The molecular weight excluding hydrogens is 460 g/mol. The van der Waals surface area contributed by atoms with Crippen molar-refractivity contribution in [2.75, 3.05) is 59.5 Å². The van der Waals surface area contributed by atoms with Gasteiger partial charge in [-0.05, 0) is 76.2 Å². The molecule has 4 rings (SSSR count). The van der Waals surface area contributed by atoms with E-state index in [0.717, 1.165) is 94.1 Å². The van der Waals surface area contributed by atoms with Crippen LogP contribution in [0.2, 0.25) is 0 Å². The van der Waals surface area contributed by atoms with Crippen molar-refractivity contribution in [3.05, 3.63) is 64.8 Å². The number of ether oxygens (including phenoxy) is 1. The summed E-state index contributed by atoms with van der Waals surface area (Å²) in [5.41, 5.74) is 5.70. The highest BCUT2D eigenvalue weighted by Gasteiger charge is 2.27. The topological polar surface area (TPSA) is 41.0 Å². The van der Waals surface area contributed by atoms with Crippen molar-refractivity contribution in [3.8, 4) is 5.75 Å². The molecule has 200 valence electrons. The number of hydrogen-bond donors (Lipinski definition) is 0. The van der Waals surface area contributed by atoms with Crippen molar-refractivity contribution in [3.63, 3.8) is 0 Å². The molecule has 6 nitrogen and oxygen atoms in total. The second kappa shape index (κ2) is 12.6. The molecule has 2 heterocycles. The van der Waals surface area contributed by atoms with Gasteiger partial charge in [-0.1, -0.05) is 37.6 Å². The number of rotatable bonds is 11. The van der Waals surface area contributed by atoms with Crippen molar-refractivity contribution in [2.24, 2.45) is 0 Å².